The summed E-state index contributed by atoms with van der Waals surface area (Å²) in [5, 5.41) is 8.98. The lowest BCUT2D eigenvalue weighted by atomic mass is 10.1. The van der Waals surface area contributed by atoms with Gasteiger partial charge in [0.15, 0.2) is 9.84 Å². The molecule has 2 atom stereocenters. The Bertz CT molecular complexity index is 424. The molecule has 0 aromatic heterocycles. The normalized spacial score (nSPS) is 15.9. The van der Waals surface area contributed by atoms with E-state index < -0.39 is 21.2 Å². The van der Waals surface area contributed by atoms with E-state index in [1.807, 2.05) is 0 Å². The fourth-order valence-electron chi connectivity index (χ4n) is 1.20. The average Bonchev–Trinajstić information content (AvgIpc) is 2.15. The molecule has 0 amide bonds. The number of nitrogen functional groups attached to an aromatic ring is 1. The Hall–Kier alpha value is -1.07. The van der Waals surface area contributed by atoms with Crippen LogP contribution in [0, 0.1) is 0 Å². The van der Waals surface area contributed by atoms with Crippen molar-refractivity contribution in [3.8, 4) is 0 Å². The van der Waals surface area contributed by atoms with Crippen LogP contribution in [-0.4, -0.2) is 25.0 Å². The highest BCUT2D eigenvalue weighted by molar-refractivity contribution is 7.91. The Labute approximate surface area is 89.7 Å². The zero-order valence-electron chi connectivity index (χ0n) is 8.71. The van der Waals surface area contributed by atoms with Crippen LogP contribution in [0.5, 0.6) is 0 Å². The monoisotopic (exact) mass is 229 g/mol. The number of anilines is 1. The van der Waals surface area contributed by atoms with Gasteiger partial charge in [0.2, 0.25) is 0 Å². The first-order valence-corrected chi connectivity index (χ1v) is 6.50. The third-order valence-electron chi connectivity index (χ3n) is 2.40. The van der Waals surface area contributed by atoms with Crippen LogP contribution in [0.1, 0.15) is 18.6 Å². The van der Waals surface area contributed by atoms with Crippen molar-refractivity contribution in [3.63, 3.8) is 0 Å². The third-order valence-corrected chi connectivity index (χ3v) is 4.01. The van der Waals surface area contributed by atoms with Crippen molar-refractivity contribution in [3.05, 3.63) is 29.8 Å². The van der Waals surface area contributed by atoms with Gasteiger partial charge in [0.05, 0.1) is 11.4 Å². The molecule has 0 radical (unpaired) electrons. The van der Waals surface area contributed by atoms with E-state index >= 15 is 0 Å². The van der Waals surface area contributed by atoms with E-state index in [-0.39, 0.29) is 0 Å². The van der Waals surface area contributed by atoms with Crippen molar-refractivity contribution in [2.75, 3.05) is 12.0 Å². The van der Waals surface area contributed by atoms with Crippen LogP contribution in [0.2, 0.25) is 0 Å². The zero-order valence-corrected chi connectivity index (χ0v) is 9.53. The topological polar surface area (TPSA) is 80.4 Å². The van der Waals surface area contributed by atoms with Gasteiger partial charge in [-0.2, -0.15) is 0 Å². The molecule has 4 nitrogen and oxygen atoms in total. The quantitative estimate of drug-likeness (QED) is 0.749. The van der Waals surface area contributed by atoms with E-state index in [4.69, 9.17) is 5.73 Å². The number of aliphatic hydroxyl groups excluding tert-OH is 1. The Kier molecular flexibility index (Phi) is 3.36. The molecule has 3 N–H and O–H groups in total. The Balaban J connectivity index is 2.95. The summed E-state index contributed by atoms with van der Waals surface area (Å²) in [7, 11) is -3.24. The molecule has 84 valence electrons. The summed E-state index contributed by atoms with van der Waals surface area (Å²) in [5.41, 5.74) is 6.63. The van der Waals surface area contributed by atoms with E-state index in [0.29, 0.717) is 11.3 Å². The second-order valence-corrected chi connectivity index (χ2v) is 6.05. The lowest BCUT2D eigenvalue weighted by Crippen LogP contribution is -2.24. The number of hydrogen-bond donors (Lipinski definition) is 2. The smallest absolute Gasteiger partial charge is 0.152 e. The van der Waals surface area contributed by atoms with Crippen molar-refractivity contribution in [1.29, 1.82) is 0 Å². The van der Waals surface area contributed by atoms with Crippen LogP contribution in [0.25, 0.3) is 0 Å². The summed E-state index contributed by atoms with van der Waals surface area (Å²) in [5.74, 6) is 0. The maximum absolute atomic E-state index is 11.2. The molecule has 1 aromatic carbocycles. The number of hydrogen-bond acceptors (Lipinski definition) is 4. The van der Waals surface area contributed by atoms with Gasteiger partial charge in [0.1, 0.15) is 0 Å². The first-order chi connectivity index (χ1) is 6.82. The summed E-state index contributed by atoms with van der Waals surface area (Å²) in [6, 6.07) is 6.52. The highest BCUT2D eigenvalue weighted by Gasteiger charge is 2.25. The van der Waals surface area contributed by atoms with Gasteiger partial charge < -0.3 is 10.8 Å². The molecule has 0 spiro atoms. The predicted molar refractivity (Wildman–Crippen MR) is 60.1 cm³/mol. The van der Waals surface area contributed by atoms with E-state index in [2.05, 4.69) is 0 Å². The molecule has 5 heteroatoms. The predicted octanol–water partition coefficient (Wildman–Crippen LogP) is 0.735. The van der Waals surface area contributed by atoms with Crippen LogP contribution in [0.3, 0.4) is 0 Å². The van der Waals surface area contributed by atoms with Gasteiger partial charge in [0.25, 0.3) is 0 Å². The fourth-order valence-corrected chi connectivity index (χ4v) is 1.82. The van der Waals surface area contributed by atoms with Crippen molar-refractivity contribution in [2.45, 2.75) is 18.3 Å². The molecule has 0 unspecified atom stereocenters. The van der Waals surface area contributed by atoms with Crippen molar-refractivity contribution < 1.29 is 13.5 Å². The summed E-state index contributed by atoms with van der Waals surface area (Å²) in [6.07, 6.45) is 0.0960. The molecule has 0 aliphatic heterocycles. The van der Waals surface area contributed by atoms with Crippen molar-refractivity contribution >= 4 is 15.5 Å². The maximum Gasteiger partial charge on any atom is 0.152 e. The van der Waals surface area contributed by atoms with Gasteiger partial charge in [-0.3, -0.25) is 0 Å². The lowest BCUT2D eigenvalue weighted by molar-refractivity contribution is 0.176. The molecule has 0 aliphatic rings. The summed E-state index contributed by atoms with van der Waals surface area (Å²) in [6.45, 7) is 1.48. The van der Waals surface area contributed by atoms with Gasteiger partial charge in [-0.05, 0) is 24.6 Å². The van der Waals surface area contributed by atoms with Gasteiger partial charge in [0, 0.05) is 11.9 Å². The second-order valence-electron chi connectivity index (χ2n) is 3.65. The average molecular weight is 229 g/mol. The van der Waals surface area contributed by atoms with E-state index in [1.54, 1.807) is 24.3 Å². The minimum atomic E-state index is -3.24. The molecule has 0 saturated carbocycles. The molecule has 1 aromatic rings. The number of aliphatic hydroxyl groups is 1. The first-order valence-electron chi connectivity index (χ1n) is 4.54. The van der Waals surface area contributed by atoms with Gasteiger partial charge in [-0.1, -0.05) is 12.1 Å². The molecule has 0 aliphatic carbocycles. The highest BCUT2D eigenvalue weighted by Crippen LogP contribution is 2.22. The largest absolute Gasteiger partial charge is 0.399 e. The van der Waals surface area contributed by atoms with E-state index in [9.17, 15) is 13.5 Å². The van der Waals surface area contributed by atoms with Crippen LogP contribution in [0.4, 0.5) is 5.69 Å². The summed E-state index contributed by atoms with van der Waals surface area (Å²) in [4.78, 5) is 0. The second kappa shape index (κ2) is 4.20. The first kappa shape index (κ1) is 12.0. The maximum atomic E-state index is 11.2. The lowest BCUT2D eigenvalue weighted by Gasteiger charge is -2.17. The van der Waals surface area contributed by atoms with Gasteiger partial charge >= 0.3 is 0 Å². The van der Waals surface area contributed by atoms with Gasteiger partial charge in [-0.15, -0.1) is 0 Å². The molecular formula is C10H15NO3S. The number of sulfone groups is 1. The Morgan fingerprint density at radius 1 is 1.27 bits per heavy atom. The molecule has 0 heterocycles. The molecule has 1 rings (SSSR count). The van der Waals surface area contributed by atoms with E-state index in [0.717, 1.165) is 6.26 Å². The van der Waals surface area contributed by atoms with Crippen molar-refractivity contribution in [1.82, 2.24) is 0 Å². The number of rotatable bonds is 3. The number of benzene rings is 1. The minimum Gasteiger partial charge on any atom is -0.399 e. The van der Waals surface area contributed by atoms with Crippen LogP contribution < -0.4 is 5.73 Å². The molecule has 0 fully saturated rings. The Morgan fingerprint density at radius 2 is 1.73 bits per heavy atom. The summed E-state index contributed by atoms with van der Waals surface area (Å²) >= 11 is 0. The number of nitrogens with two attached hydrogens (primary N) is 1. The minimum absolute atomic E-state index is 0.558. The SMILES string of the molecule is C[C@@H]([C@H](O)c1ccc(N)cc1)S(C)(=O)=O. The standard InChI is InChI=1S/C10H15NO3S/c1-7(15(2,13)14)10(12)8-3-5-9(11)6-4-8/h3-7,10,12H,11H2,1-2H3/t7-,10-/m0/s1. The third kappa shape index (κ3) is 2.94. The Morgan fingerprint density at radius 3 is 2.13 bits per heavy atom. The van der Waals surface area contributed by atoms with Crippen LogP contribution >= 0.6 is 0 Å². The zero-order chi connectivity index (χ0) is 11.6. The molecular weight excluding hydrogens is 214 g/mol. The highest BCUT2D eigenvalue weighted by atomic mass is 32.2. The fraction of sp³-hybridized carbons (Fsp3) is 0.400. The molecule has 0 bridgehead atoms. The van der Waals surface area contributed by atoms with Crippen LogP contribution in [-0.2, 0) is 9.84 Å². The van der Waals surface area contributed by atoms with E-state index in [1.165, 1.54) is 6.92 Å². The van der Waals surface area contributed by atoms with Gasteiger partial charge in [-0.25, -0.2) is 8.42 Å². The van der Waals surface area contributed by atoms with Crippen molar-refractivity contribution in [2.24, 2.45) is 0 Å². The summed E-state index contributed by atoms with van der Waals surface area (Å²) < 4.78 is 22.5. The van der Waals surface area contributed by atoms with Crippen LogP contribution in [0.15, 0.2) is 24.3 Å². The molecule has 0 saturated heterocycles. The molecule has 15 heavy (non-hydrogen) atoms.